The number of aromatic nitrogens is 4. The van der Waals surface area contributed by atoms with Crippen LogP contribution >= 0.6 is 0 Å². The van der Waals surface area contributed by atoms with Gasteiger partial charge in [0.25, 0.3) is 5.91 Å². The Labute approximate surface area is 178 Å². The number of likely N-dealkylation sites (tertiary alicyclic amines) is 1. The van der Waals surface area contributed by atoms with Crippen molar-refractivity contribution in [1.82, 2.24) is 24.1 Å². The van der Waals surface area contributed by atoms with Crippen LogP contribution in [0.4, 0.5) is 11.5 Å². The molecule has 10 heteroatoms. The zero-order valence-electron chi connectivity index (χ0n) is 17.6. The number of pyridine rings is 2. The highest BCUT2D eigenvalue weighted by molar-refractivity contribution is 5.95. The molecular weight excluding hydrogens is 400 g/mol. The summed E-state index contributed by atoms with van der Waals surface area (Å²) < 4.78 is 14.0. The molecule has 0 aliphatic carbocycles. The standard InChI is InChI=1S/C21H24N6O4/c1-24-21(29)27-17(23-24)11-15(12-18(27)30-2)26-8-9-31-16-10-14(13-22-19(16)26)20(28)25-6-4-3-5-7-25/h10-13H,3-9H2,1-2H3. The van der Waals surface area contributed by atoms with Gasteiger partial charge in [0.2, 0.25) is 5.88 Å². The number of nitrogens with zero attached hydrogens (tertiary/aromatic N) is 6. The van der Waals surface area contributed by atoms with E-state index in [4.69, 9.17) is 9.47 Å². The molecule has 0 unspecified atom stereocenters. The van der Waals surface area contributed by atoms with Crippen molar-refractivity contribution < 1.29 is 14.3 Å². The van der Waals surface area contributed by atoms with Gasteiger partial charge in [-0.05, 0) is 25.3 Å². The van der Waals surface area contributed by atoms with Gasteiger partial charge in [0, 0.05) is 38.5 Å². The van der Waals surface area contributed by atoms with Crippen molar-refractivity contribution in [3.05, 3.63) is 40.4 Å². The summed E-state index contributed by atoms with van der Waals surface area (Å²) in [7, 11) is 3.11. The number of methoxy groups -OCH3 is 1. The Balaban J connectivity index is 1.52. The van der Waals surface area contributed by atoms with E-state index < -0.39 is 0 Å². The van der Waals surface area contributed by atoms with Gasteiger partial charge in [-0.3, -0.25) is 4.79 Å². The van der Waals surface area contributed by atoms with E-state index in [1.54, 1.807) is 25.4 Å². The highest BCUT2D eigenvalue weighted by Gasteiger charge is 2.26. The van der Waals surface area contributed by atoms with Crippen LogP contribution in [-0.4, -0.2) is 63.3 Å². The molecule has 0 atom stereocenters. The molecule has 5 heterocycles. The average Bonchev–Trinajstić information content (AvgIpc) is 3.11. The van der Waals surface area contributed by atoms with Gasteiger partial charge in [-0.15, -0.1) is 5.10 Å². The Bertz CT molecular complexity index is 1210. The molecule has 3 aromatic heterocycles. The van der Waals surface area contributed by atoms with Crippen LogP contribution in [0, 0.1) is 0 Å². The van der Waals surface area contributed by atoms with Crippen molar-refractivity contribution >= 4 is 23.1 Å². The number of hydrogen-bond acceptors (Lipinski definition) is 7. The zero-order chi connectivity index (χ0) is 21.5. The van der Waals surface area contributed by atoms with Gasteiger partial charge in [-0.25, -0.2) is 18.9 Å². The number of anilines is 2. The maximum atomic E-state index is 12.9. The topological polar surface area (TPSA) is 94.2 Å². The predicted octanol–water partition coefficient (Wildman–Crippen LogP) is 1.59. The van der Waals surface area contributed by atoms with Crippen molar-refractivity contribution in [3.8, 4) is 11.6 Å². The third-order valence-electron chi connectivity index (χ3n) is 5.79. The van der Waals surface area contributed by atoms with Gasteiger partial charge in [0.15, 0.2) is 17.2 Å². The third kappa shape index (κ3) is 3.28. The second-order valence-corrected chi connectivity index (χ2v) is 7.75. The maximum Gasteiger partial charge on any atom is 0.352 e. The maximum absolute atomic E-state index is 12.9. The summed E-state index contributed by atoms with van der Waals surface area (Å²) in [5.74, 6) is 1.56. The summed E-state index contributed by atoms with van der Waals surface area (Å²) >= 11 is 0. The van der Waals surface area contributed by atoms with Gasteiger partial charge < -0.3 is 19.3 Å². The number of fused-ring (bicyclic) bond motifs is 2. The van der Waals surface area contributed by atoms with Crippen molar-refractivity contribution in [2.75, 3.05) is 38.3 Å². The lowest BCUT2D eigenvalue weighted by Crippen LogP contribution is -2.36. The van der Waals surface area contributed by atoms with E-state index >= 15 is 0 Å². The van der Waals surface area contributed by atoms with E-state index in [1.165, 1.54) is 22.6 Å². The molecule has 0 saturated carbocycles. The van der Waals surface area contributed by atoms with E-state index in [0.717, 1.165) is 31.6 Å². The predicted molar refractivity (Wildman–Crippen MR) is 113 cm³/mol. The summed E-state index contributed by atoms with van der Waals surface area (Å²) in [5.41, 5.74) is 1.51. The fourth-order valence-corrected chi connectivity index (χ4v) is 4.20. The Morgan fingerprint density at radius 1 is 1.13 bits per heavy atom. The molecule has 0 N–H and O–H groups in total. The lowest BCUT2D eigenvalue weighted by molar-refractivity contribution is 0.0723. The molecule has 1 saturated heterocycles. The van der Waals surface area contributed by atoms with E-state index in [2.05, 4.69) is 10.1 Å². The number of hydrogen-bond donors (Lipinski definition) is 0. The average molecular weight is 424 g/mol. The normalized spacial score (nSPS) is 16.2. The van der Waals surface area contributed by atoms with Crippen LogP contribution in [0.15, 0.2) is 29.2 Å². The molecule has 0 aromatic carbocycles. The number of carbonyl (C=O) groups is 1. The number of rotatable bonds is 3. The first-order valence-corrected chi connectivity index (χ1v) is 10.4. The molecule has 2 aliphatic rings. The van der Waals surface area contributed by atoms with Crippen LogP contribution in [0.25, 0.3) is 5.65 Å². The Kier molecular flexibility index (Phi) is 4.76. The lowest BCUT2D eigenvalue weighted by atomic mass is 10.1. The van der Waals surface area contributed by atoms with Crippen LogP contribution in [0.2, 0.25) is 0 Å². The second kappa shape index (κ2) is 7.60. The molecule has 162 valence electrons. The van der Waals surface area contributed by atoms with Crippen molar-refractivity contribution in [2.45, 2.75) is 19.3 Å². The fourth-order valence-electron chi connectivity index (χ4n) is 4.20. The third-order valence-corrected chi connectivity index (χ3v) is 5.79. The van der Waals surface area contributed by atoms with Crippen LogP contribution < -0.4 is 20.1 Å². The summed E-state index contributed by atoms with van der Waals surface area (Å²) in [6.45, 7) is 2.58. The van der Waals surface area contributed by atoms with E-state index in [0.29, 0.717) is 41.8 Å². The fraction of sp³-hybridized carbons (Fsp3) is 0.429. The molecule has 1 fully saturated rings. The van der Waals surface area contributed by atoms with E-state index in [-0.39, 0.29) is 11.6 Å². The monoisotopic (exact) mass is 424 g/mol. The van der Waals surface area contributed by atoms with Crippen molar-refractivity contribution in [2.24, 2.45) is 7.05 Å². The smallest absolute Gasteiger partial charge is 0.352 e. The minimum absolute atomic E-state index is 0.00771. The lowest BCUT2D eigenvalue weighted by Gasteiger charge is -2.31. The molecular formula is C21H24N6O4. The van der Waals surface area contributed by atoms with Crippen molar-refractivity contribution in [3.63, 3.8) is 0 Å². The van der Waals surface area contributed by atoms with Crippen molar-refractivity contribution in [1.29, 1.82) is 0 Å². The van der Waals surface area contributed by atoms with E-state index in [9.17, 15) is 9.59 Å². The van der Waals surface area contributed by atoms with Crippen LogP contribution in [0.1, 0.15) is 29.6 Å². The SMILES string of the molecule is COc1cc(N2CCOc3cc(C(=O)N4CCCCC4)cnc32)cc2nn(C)c(=O)n12. The molecule has 31 heavy (non-hydrogen) atoms. The van der Waals surface area contributed by atoms with Gasteiger partial charge in [0.05, 0.1) is 24.9 Å². The molecule has 10 nitrogen and oxygen atoms in total. The zero-order valence-corrected chi connectivity index (χ0v) is 17.6. The Morgan fingerprint density at radius 2 is 1.94 bits per heavy atom. The molecule has 3 aromatic rings. The molecule has 0 spiro atoms. The number of aryl methyl sites for hydroxylation is 1. The van der Waals surface area contributed by atoms with Gasteiger partial charge in [-0.2, -0.15) is 0 Å². The summed E-state index contributed by atoms with van der Waals surface area (Å²) in [6.07, 6.45) is 4.85. The highest BCUT2D eigenvalue weighted by Crippen LogP contribution is 2.37. The van der Waals surface area contributed by atoms with Gasteiger partial charge in [-0.1, -0.05) is 0 Å². The summed E-state index contributed by atoms with van der Waals surface area (Å²) in [6, 6.07) is 5.36. The molecule has 2 aliphatic heterocycles. The number of ether oxygens (including phenoxy) is 2. The van der Waals surface area contributed by atoms with Crippen LogP contribution in [0.3, 0.4) is 0 Å². The molecule has 1 amide bonds. The molecule has 0 bridgehead atoms. The first kappa shape index (κ1) is 19.4. The van der Waals surface area contributed by atoms with Gasteiger partial charge >= 0.3 is 5.69 Å². The minimum Gasteiger partial charge on any atom is -0.488 e. The number of piperidine rings is 1. The van der Waals surface area contributed by atoms with E-state index in [1.807, 2.05) is 15.9 Å². The first-order chi connectivity index (χ1) is 15.1. The summed E-state index contributed by atoms with van der Waals surface area (Å²) in [5, 5.41) is 4.28. The Hall–Kier alpha value is -3.56. The summed E-state index contributed by atoms with van der Waals surface area (Å²) in [4.78, 5) is 33.6. The quantitative estimate of drug-likeness (QED) is 0.630. The second-order valence-electron chi connectivity index (χ2n) is 7.75. The molecule has 5 rings (SSSR count). The minimum atomic E-state index is -0.278. The number of amides is 1. The highest BCUT2D eigenvalue weighted by atomic mass is 16.5. The molecule has 0 radical (unpaired) electrons. The number of carbonyl (C=O) groups excluding carboxylic acids is 1. The van der Waals surface area contributed by atoms with Gasteiger partial charge in [0.1, 0.15) is 6.61 Å². The Morgan fingerprint density at radius 3 is 2.71 bits per heavy atom. The van der Waals surface area contributed by atoms with Crippen LogP contribution in [-0.2, 0) is 7.05 Å². The first-order valence-electron chi connectivity index (χ1n) is 10.4. The van der Waals surface area contributed by atoms with Crippen LogP contribution in [0.5, 0.6) is 11.6 Å². The largest absolute Gasteiger partial charge is 0.488 e.